The molecule has 0 amide bonds. The predicted octanol–water partition coefficient (Wildman–Crippen LogP) is 6.11. The Bertz CT molecular complexity index is 1050. The van der Waals surface area contributed by atoms with Gasteiger partial charge in [0.1, 0.15) is 0 Å². The zero-order valence-corrected chi connectivity index (χ0v) is 16.4. The van der Waals surface area contributed by atoms with Crippen LogP contribution in [-0.4, -0.2) is 8.07 Å². The van der Waals surface area contributed by atoms with Crippen molar-refractivity contribution in [2.24, 2.45) is 5.92 Å². The highest BCUT2D eigenvalue weighted by molar-refractivity contribution is 6.94. The Labute approximate surface area is 151 Å². The van der Waals surface area contributed by atoms with Gasteiger partial charge in [-0.15, -0.1) is 0 Å². The maximum Gasteiger partial charge on any atom is 0.0931 e. The van der Waals surface area contributed by atoms with E-state index in [9.17, 15) is 0 Å². The minimum atomic E-state index is -1.55. The molecule has 0 nitrogen and oxygen atoms in total. The van der Waals surface area contributed by atoms with Crippen molar-refractivity contribution in [3.05, 3.63) is 71.3 Å². The van der Waals surface area contributed by atoms with Gasteiger partial charge in [-0.3, -0.25) is 0 Å². The van der Waals surface area contributed by atoms with Gasteiger partial charge in [-0.25, -0.2) is 0 Å². The predicted molar refractivity (Wildman–Crippen MR) is 112 cm³/mol. The Hall–Kier alpha value is -2.12. The van der Waals surface area contributed by atoms with E-state index in [-0.39, 0.29) is 0 Å². The van der Waals surface area contributed by atoms with Crippen molar-refractivity contribution in [2.75, 3.05) is 0 Å². The number of hydrogen-bond donors (Lipinski definition) is 0. The lowest BCUT2D eigenvalue weighted by molar-refractivity contribution is 0.741. The summed E-state index contributed by atoms with van der Waals surface area (Å²) in [6, 6.07) is 20.4. The summed E-state index contributed by atoms with van der Waals surface area (Å²) in [5.41, 5.74) is 8.43. The van der Waals surface area contributed by atoms with E-state index in [0.717, 1.165) is 0 Å². The lowest BCUT2D eigenvalue weighted by Crippen LogP contribution is -2.44. The number of allylic oxidation sites excluding steroid dienone is 1. The van der Waals surface area contributed by atoms with Crippen LogP contribution < -0.4 is 5.19 Å². The van der Waals surface area contributed by atoms with Crippen LogP contribution in [0.5, 0.6) is 0 Å². The first-order valence-electron chi connectivity index (χ1n) is 9.37. The average Bonchev–Trinajstić information content (AvgIpc) is 3.07. The molecule has 0 spiro atoms. The van der Waals surface area contributed by atoms with Crippen molar-refractivity contribution < 1.29 is 0 Å². The molecule has 1 aliphatic carbocycles. The molecule has 1 atom stereocenters. The lowest BCUT2D eigenvalue weighted by Gasteiger charge is -2.29. The van der Waals surface area contributed by atoms with Gasteiger partial charge in [0.05, 0.1) is 8.07 Å². The SMILES string of the molecule is CC(C)C1=Cc2ccc3c(-c4cccc5ccccc45)c2C1[Si]3(C)C. The van der Waals surface area contributed by atoms with E-state index in [1.165, 1.54) is 21.9 Å². The summed E-state index contributed by atoms with van der Waals surface area (Å²) in [6.45, 7) is 9.86. The molecule has 1 aliphatic heterocycles. The molecule has 0 saturated heterocycles. The van der Waals surface area contributed by atoms with E-state index < -0.39 is 8.07 Å². The topological polar surface area (TPSA) is 0 Å². The molecule has 2 aliphatic rings. The minimum absolute atomic E-state index is 0.629. The molecule has 0 radical (unpaired) electrons. The third kappa shape index (κ3) is 1.88. The maximum absolute atomic E-state index is 2.57. The summed E-state index contributed by atoms with van der Waals surface area (Å²) >= 11 is 0. The van der Waals surface area contributed by atoms with Gasteiger partial charge in [0.15, 0.2) is 0 Å². The Morgan fingerprint density at radius 3 is 2.44 bits per heavy atom. The third-order valence-corrected chi connectivity index (χ3v) is 10.2. The summed E-state index contributed by atoms with van der Waals surface area (Å²) in [4.78, 5) is 0. The fourth-order valence-electron chi connectivity index (χ4n) is 5.21. The quantitative estimate of drug-likeness (QED) is 0.494. The van der Waals surface area contributed by atoms with Gasteiger partial charge in [-0.05, 0) is 38.9 Å². The molecule has 1 heteroatoms. The highest BCUT2D eigenvalue weighted by Crippen LogP contribution is 2.54. The van der Waals surface area contributed by atoms with Crippen molar-refractivity contribution in [3.63, 3.8) is 0 Å². The average molecular weight is 341 g/mol. The van der Waals surface area contributed by atoms with Gasteiger partial charge < -0.3 is 0 Å². The molecular weight excluding hydrogens is 316 g/mol. The van der Waals surface area contributed by atoms with Crippen LogP contribution in [0, 0.1) is 5.92 Å². The normalized spacial score (nSPS) is 19.7. The molecule has 0 saturated carbocycles. The van der Waals surface area contributed by atoms with Gasteiger partial charge in [-0.2, -0.15) is 0 Å². The summed E-state index contributed by atoms with van der Waals surface area (Å²) < 4.78 is 0. The number of rotatable bonds is 2. The Kier molecular flexibility index (Phi) is 3.00. The molecule has 0 aromatic heterocycles. The van der Waals surface area contributed by atoms with Crippen LogP contribution in [0.4, 0.5) is 0 Å². The van der Waals surface area contributed by atoms with Crippen LogP contribution in [0.3, 0.4) is 0 Å². The van der Waals surface area contributed by atoms with E-state index in [1.54, 1.807) is 21.9 Å². The van der Waals surface area contributed by atoms with Gasteiger partial charge in [-0.1, -0.05) is 98.4 Å². The van der Waals surface area contributed by atoms with Gasteiger partial charge in [0, 0.05) is 5.54 Å². The molecule has 2 bridgehead atoms. The first-order chi connectivity index (χ1) is 12.0. The second-order valence-electron chi connectivity index (χ2n) is 8.47. The molecule has 0 fully saturated rings. The summed E-state index contributed by atoms with van der Waals surface area (Å²) in [5, 5.41) is 4.39. The fraction of sp³-hybridized carbons (Fsp3) is 0.250. The standard InChI is InChI=1S/C24H24Si/c1-15(2)20-14-17-12-13-21-23(22(17)24(20)25(21,3)4)19-11-7-9-16-8-5-6-10-18(16)19/h5-15,24H,1-4H3. The van der Waals surface area contributed by atoms with Gasteiger partial charge in [0.2, 0.25) is 0 Å². The van der Waals surface area contributed by atoms with E-state index in [1.807, 2.05) is 0 Å². The van der Waals surface area contributed by atoms with Gasteiger partial charge >= 0.3 is 0 Å². The van der Waals surface area contributed by atoms with Crippen molar-refractivity contribution in [2.45, 2.75) is 32.5 Å². The minimum Gasteiger partial charge on any atom is -0.0647 e. The van der Waals surface area contributed by atoms with Crippen LogP contribution >= 0.6 is 0 Å². The first kappa shape index (κ1) is 15.2. The summed E-state index contributed by atoms with van der Waals surface area (Å²) in [7, 11) is -1.55. The molecule has 1 heterocycles. The molecule has 5 rings (SSSR count). The Balaban J connectivity index is 1.86. The largest absolute Gasteiger partial charge is 0.0931 e. The van der Waals surface area contributed by atoms with Crippen molar-refractivity contribution in [3.8, 4) is 11.1 Å². The lowest BCUT2D eigenvalue weighted by atomic mass is 9.91. The number of fused-ring (bicyclic) bond motifs is 2. The highest BCUT2D eigenvalue weighted by Gasteiger charge is 2.49. The van der Waals surface area contributed by atoms with Crippen LogP contribution in [0.25, 0.3) is 28.0 Å². The van der Waals surface area contributed by atoms with Crippen molar-refractivity contribution in [1.82, 2.24) is 0 Å². The van der Waals surface area contributed by atoms with Crippen LogP contribution in [-0.2, 0) is 0 Å². The van der Waals surface area contributed by atoms with E-state index in [4.69, 9.17) is 0 Å². The second-order valence-corrected chi connectivity index (χ2v) is 13.0. The zero-order valence-electron chi connectivity index (χ0n) is 15.4. The second kappa shape index (κ2) is 4.95. The number of benzene rings is 3. The van der Waals surface area contributed by atoms with Gasteiger partial charge in [0.25, 0.3) is 0 Å². The van der Waals surface area contributed by atoms with E-state index >= 15 is 0 Å². The fourth-order valence-corrected chi connectivity index (χ4v) is 9.23. The van der Waals surface area contributed by atoms with Crippen LogP contribution in [0.2, 0.25) is 13.1 Å². The molecule has 1 unspecified atom stereocenters. The van der Waals surface area contributed by atoms with Crippen LogP contribution in [0.1, 0.15) is 30.5 Å². The summed E-state index contributed by atoms with van der Waals surface area (Å²) in [5.74, 6) is 0.629. The number of hydrogen-bond acceptors (Lipinski definition) is 0. The Morgan fingerprint density at radius 2 is 1.64 bits per heavy atom. The highest BCUT2D eigenvalue weighted by atomic mass is 28.3. The van der Waals surface area contributed by atoms with Crippen molar-refractivity contribution >= 4 is 30.1 Å². The van der Waals surface area contributed by atoms with Crippen molar-refractivity contribution in [1.29, 1.82) is 0 Å². The molecule has 3 aromatic rings. The molecular formula is C24H24Si. The molecule has 124 valence electrons. The molecule has 3 aromatic carbocycles. The smallest absolute Gasteiger partial charge is 0.0647 e. The Morgan fingerprint density at radius 1 is 0.880 bits per heavy atom. The third-order valence-electron chi connectivity index (χ3n) is 6.36. The van der Waals surface area contributed by atoms with Crippen LogP contribution in [0.15, 0.2) is 60.2 Å². The molecule has 0 N–H and O–H groups in total. The maximum atomic E-state index is 2.57. The summed E-state index contributed by atoms with van der Waals surface area (Å²) in [6.07, 6.45) is 2.50. The van der Waals surface area contributed by atoms with E-state index in [2.05, 4.69) is 87.6 Å². The molecule has 25 heavy (non-hydrogen) atoms. The zero-order chi connectivity index (χ0) is 17.3. The van der Waals surface area contributed by atoms with E-state index in [0.29, 0.717) is 11.5 Å². The first-order valence-corrected chi connectivity index (χ1v) is 12.4. The monoisotopic (exact) mass is 340 g/mol.